The van der Waals surface area contributed by atoms with E-state index in [1.54, 1.807) is 6.92 Å². The Bertz CT molecular complexity index is 1800. The fourth-order valence-electron chi connectivity index (χ4n) is 11.0. The number of aryl methyl sites for hydroxylation is 1. The van der Waals surface area contributed by atoms with Crippen molar-refractivity contribution in [2.24, 2.45) is 40.9 Å². The third-order valence-electron chi connectivity index (χ3n) is 14.3. The van der Waals surface area contributed by atoms with E-state index >= 15 is 4.79 Å². The summed E-state index contributed by atoms with van der Waals surface area (Å²) in [5, 5.41) is 2.36. The summed E-state index contributed by atoms with van der Waals surface area (Å²) in [7, 11) is 0. The summed E-state index contributed by atoms with van der Waals surface area (Å²) in [5.74, 6) is 3.19. The first-order chi connectivity index (χ1) is 26.9. The SMILES string of the molecule is C=C(CC1CCCC1)CC(CCCCCC)C(=O)C1CC(Oc2cc(C3=CCC(CC(C)C)=C3)cc3cc(CCC)ccc23)CC1C(=C)CC1(C(C)=O)CC1C. The standard InChI is InChI=1S/C53H74O3/c1-9-11-12-13-19-44(26-36(5)25-41-17-14-15-18-41)52(55)50-32-47(31-49(50)37(6)33-53(39(8)54)34-38(53)7)56-51-30-45(43-22-20-42(28-43)24-35(3)4)29-46-27-40(16-10-2)21-23-48(46)51/h21-23,27-30,35,38,41,44,47,49-50H,5-6,9-20,24-26,31-34H2,1-4,7-8H3. The van der Waals surface area contributed by atoms with Gasteiger partial charge in [-0.25, -0.2) is 0 Å². The number of carbonyl (C=O) groups is 2. The number of hydrogen-bond donors (Lipinski definition) is 0. The molecule has 0 amide bonds. The number of benzene rings is 2. The summed E-state index contributed by atoms with van der Waals surface area (Å²) in [5.41, 5.74) is 7.41. The van der Waals surface area contributed by atoms with Crippen LogP contribution in [-0.2, 0) is 16.0 Å². The molecule has 304 valence electrons. The maximum atomic E-state index is 15.1. The van der Waals surface area contributed by atoms with Crippen LogP contribution in [0.25, 0.3) is 16.3 Å². The lowest BCUT2D eigenvalue weighted by Gasteiger charge is -2.27. The normalized spacial score (nSPS) is 25.4. The average molecular weight is 759 g/mol. The van der Waals surface area contributed by atoms with Gasteiger partial charge in [0.2, 0.25) is 0 Å². The highest BCUT2D eigenvalue weighted by Gasteiger charge is 2.56. The van der Waals surface area contributed by atoms with E-state index in [2.05, 4.69) is 83.7 Å². The number of ketones is 2. The lowest BCUT2D eigenvalue weighted by Crippen LogP contribution is -2.29. The summed E-state index contributed by atoms with van der Waals surface area (Å²) in [6, 6.07) is 11.5. The van der Waals surface area contributed by atoms with Crippen LogP contribution in [0.1, 0.15) is 168 Å². The molecule has 2 aromatic carbocycles. The fraction of sp³-hybridized carbons (Fsp3) is 0.623. The molecule has 6 atom stereocenters. The molecule has 0 aliphatic heterocycles. The minimum atomic E-state index is -0.309. The predicted octanol–water partition coefficient (Wildman–Crippen LogP) is 14.6. The number of hydrogen-bond acceptors (Lipinski definition) is 3. The van der Waals surface area contributed by atoms with E-state index in [9.17, 15) is 4.79 Å². The lowest BCUT2D eigenvalue weighted by molar-refractivity contribution is -0.128. The Kier molecular flexibility index (Phi) is 14.4. The first-order valence-corrected chi connectivity index (χ1v) is 22.9. The van der Waals surface area contributed by atoms with E-state index in [4.69, 9.17) is 11.3 Å². The summed E-state index contributed by atoms with van der Waals surface area (Å²) in [6.45, 7) is 22.3. The summed E-state index contributed by atoms with van der Waals surface area (Å²) in [4.78, 5) is 28.1. The number of carbonyl (C=O) groups excluding carboxylic acids is 2. The molecule has 0 aromatic heterocycles. The Balaban J connectivity index is 1.30. The summed E-state index contributed by atoms with van der Waals surface area (Å²) in [6.07, 6.45) is 24.8. The third-order valence-corrected chi connectivity index (χ3v) is 14.3. The van der Waals surface area contributed by atoms with Crippen LogP contribution in [0.2, 0.25) is 0 Å². The molecule has 0 bridgehead atoms. The number of fused-ring (bicyclic) bond motifs is 1. The largest absolute Gasteiger partial charge is 0.490 e. The van der Waals surface area contributed by atoms with Crippen molar-refractivity contribution < 1.29 is 14.3 Å². The second-order valence-corrected chi connectivity index (χ2v) is 19.4. The molecular weight excluding hydrogens is 685 g/mol. The van der Waals surface area contributed by atoms with Crippen LogP contribution < -0.4 is 4.74 Å². The Morgan fingerprint density at radius 3 is 2.39 bits per heavy atom. The molecule has 6 unspecified atom stereocenters. The van der Waals surface area contributed by atoms with Gasteiger partial charge in [-0.2, -0.15) is 0 Å². The Labute approximate surface area is 340 Å². The Morgan fingerprint density at radius 1 is 0.964 bits per heavy atom. The number of allylic oxidation sites excluding steroid dienone is 6. The van der Waals surface area contributed by atoms with Crippen molar-refractivity contribution in [1.82, 2.24) is 0 Å². The van der Waals surface area contributed by atoms with Crippen LogP contribution >= 0.6 is 0 Å². The topological polar surface area (TPSA) is 43.4 Å². The fourth-order valence-corrected chi connectivity index (χ4v) is 11.0. The summed E-state index contributed by atoms with van der Waals surface area (Å²) >= 11 is 0. The highest BCUT2D eigenvalue weighted by molar-refractivity contribution is 5.94. The van der Waals surface area contributed by atoms with Gasteiger partial charge in [-0.15, -0.1) is 0 Å². The number of Topliss-reactive ketones (excluding diaryl/α,β-unsaturated/α-hetero) is 2. The van der Waals surface area contributed by atoms with E-state index in [0.29, 0.717) is 30.5 Å². The minimum absolute atomic E-state index is 0.0105. The van der Waals surface area contributed by atoms with Gasteiger partial charge in [-0.3, -0.25) is 9.59 Å². The van der Waals surface area contributed by atoms with Crippen LogP contribution in [0.15, 0.2) is 72.4 Å². The van der Waals surface area contributed by atoms with E-state index in [1.807, 2.05) is 0 Å². The molecular formula is C53H74O3. The molecule has 0 N–H and O–H groups in total. The zero-order valence-corrected chi connectivity index (χ0v) is 36.2. The van der Waals surface area contributed by atoms with Gasteiger partial charge in [0.25, 0.3) is 0 Å². The zero-order chi connectivity index (χ0) is 40.0. The summed E-state index contributed by atoms with van der Waals surface area (Å²) < 4.78 is 7.19. The molecule has 3 nitrogen and oxygen atoms in total. The van der Waals surface area contributed by atoms with Gasteiger partial charge in [-0.05, 0) is 129 Å². The maximum absolute atomic E-state index is 15.1. The van der Waals surface area contributed by atoms with Crippen LogP contribution in [0, 0.1) is 40.9 Å². The number of unbranched alkanes of at least 4 members (excludes halogenated alkanes) is 3. The Morgan fingerprint density at radius 2 is 1.71 bits per heavy atom. The van der Waals surface area contributed by atoms with Gasteiger partial charge in [-0.1, -0.05) is 153 Å². The minimum Gasteiger partial charge on any atom is -0.490 e. The molecule has 0 radical (unpaired) electrons. The molecule has 56 heavy (non-hydrogen) atoms. The molecule has 4 aliphatic rings. The molecule has 2 aromatic rings. The highest BCUT2D eigenvalue weighted by atomic mass is 16.5. The number of ether oxygens (including phenoxy) is 1. The van der Waals surface area contributed by atoms with Crippen LogP contribution in [0.4, 0.5) is 0 Å². The molecule has 4 aliphatic carbocycles. The first-order valence-electron chi connectivity index (χ1n) is 22.9. The molecule has 0 spiro atoms. The molecule has 0 saturated heterocycles. The monoisotopic (exact) mass is 759 g/mol. The molecule has 3 fully saturated rings. The van der Waals surface area contributed by atoms with Gasteiger partial charge < -0.3 is 4.74 Å². The van der Waals surface area contributed by atoms with Crippen LogP contribution in [-0.4, -0.2) is 17.7 Å². The van der Waals surface area contributed by atoms with Crippen molar-refractivity contribution in [3.8, 4) is 5.75 Å². The smallest absolute Gasteiger partial charge is 0.140 e. The van der Waals surface area contributed by atoms with Crippen molar-refractivity contribution >= 4 is 27.9 Å². The second kappa shape index (κ2) is 19.0. The molecule has 3 saturated carbocycles. The van der Waals surface area contributed by atoms with Crippen molar-refractivity contribution in [1.29, 1.82) is 0 Å². The molecule has 6 rings (SSSR count). The average Bonchev–Trinajstić information content (AvgIpc) is 3.64. The zero-order valence-electron chi connectivity index (χ0n) is 36.2. The van der Waals surface area contributed by atoms with Gasteiger partial charge in [0.05, 0.1) is 0 Å². The van der Waals surface area contributed by atoms with E-state index in [-0.39, 0.29) is 35.1 Å². The maximum Gasteiger partial charge on any atom is 0.140 e. The Hall–Kier alpha value is -3.20. The molecule has 0 heterocycles. The highest BCUT2D eigenvalue weighted by Crippen LogP contribution is 2.59. The van der Waals surface area contributed by atoms with Crippen LogP contribution in [0.5, 0.6) is 5.75 Å². The third kappa shape index (κ3) is 10.3. The van der Waals surface area contributed by atoms with Crippen molar-refractivity contribution in [2.45, 2.75) is 170 Å². The van der Waals surface area contributed by atoms with Gasteiger partial charge >= 0.3 is 0 Å². The van der Waals surface area contributed by atoms with E-state index < -0.39 is 0 Å². The van der Waals surface area contributed by atoms with E-state index in [1.165, 1.54) is 78.2 Å². The van der Waals surface area contributed by atoms with Gasteiger partial charge in [0.15, 0.2) is 0 Å². The van der Waals surface area contributed by atoms with Crippen molar-refractivity contribution in [2.75, 3.05) is 0 Å². The van der Waals surface area contributed by atoms with Crippen LogP contribution in [0.3, 0.4) is 0 Å². The van der Waals surface area contributed by atoms with Gasteiger partial charge in [0.1, 0.15) is 23.4 Å². The quantitative estimate of drug-likeness (QED) is 0.0887. The van der Waals surface area contributed by atoms with E-state index in [0.717, 1.165) is 86.8 Å². The van der Waals surface area contributed by atoms with Crippen molar-refractivity contribution in [3.63, 3.8) is 0 Å². The number of rotatable bonds is 22. The first kappa shape index (κ1) is 42.4. The van der Waals surface area contributed by atoms with Gasteiger partial charge in [0, 0.05) is 22.6 Å². The predicted molar refractivity (Wildman–Crippen MR) is 237 cm³/mol. The van der Waals surface area contributed by atoms with Crippen molar-refractivity contribution in [3.05, 3.63) is 83.5 Å². The second-order valence-electron chi connectivity index (χ2n) is 19.4. The molecule has 3 heteroatoms. The lowest BCUT2D eigenvalue weighted by atomic mass is 9.75.